The molecule has 1 fully saturated rings. The first-order valence-corrected chi connectivity index (χ1v) is 4.17. The van der Waals surface area contributed by atoms with E-state index in [0.717, 1.165) is 0 Å². The Morgan fingerprint density at radius 2 is 2.15 bits per heavy atom. The van der Waals surface area contributed by atoms with Crippen LogP contribution in [0, 0.1) is 5.92 Å². The molecule has 3 unspecified atom stereocenters. The zero-order valence-electron chi connectivity index (χ0n) is 7.36. The molecule has 0 spiro atoms. The summed E-state index contributed by atoms with van der Waals surface area (Å²) in [4.78, 5) is 21.0. The number of carboxylic acids is 1. The van der Waals surface area contributed by atoms with Gasteiger partial charge in [-0.1, -0.05) is 0 Å². The predicted molar refractivity (Wildman–Crippen MR) is 44.0 cm³/mol. The molecule has 13 heavy (non-hydrogen) atoms. The summed E-state index contributed by atoms with van der Waals surface area (Å²) in [5.41, 5.74) is 0. The molecule has 1 aliphatic carbocycles. The van der Waals surface area contributed by atoms with E-state index in [9.17, 15) is 14.7 Å². The summed E-state index contributed by atoms with van der Waals surface area (Å²) in [6, 6.07) is -0.177. The average molecular weight is 187 g/mol. The Kier molecular flexibility index (Phi) is 2.87. The van der Waals surface area contributed by atoms with Gasteiger partial charge in [0.2, 0.25) is 5.91 Å². The Hall–Kier alpha value is -1.10. The third kappa shape index (κ3) is 2.42. The quantitative estimate of drug-likeness (QED) is 0.547. The van der Waals surface area contributed by atoms with E-state index in [-0.39, 0.29) is 24.3 Å². The zero-order chi connectivity index (χ0) is 10.0. The fourth-order valence-corrected chi connectivity index (χ4v) is 1.59. The van der Waals surface area contributed by atoms with Gasteiger partial charge >= 0.3 is 5.97 Å². The highest BCUT2D eigenvalue weighted by molar-refractivity contribution is 5.73. The summed E-state index contributed by atoms with van der Waals surface area (Å²) >= 11 is 0. The van der Waals surface area contributed by atoms with Gasteiger partial charge in [-0.25, -0.2) is 0 Å². The summed E-state index contributed by atoms with van der Waals surface area (Å²) in [5, 5.41) is 20.3. The highest BCUT2D eigenvalue weighted by Crippen LogP contribution is 2.30. The molecule has 3 N–H and O–H groups in total. The van der Waals surface area contributed by atoms with Crippen LogP contribution in [-0.4, -0.2) is 34.2 Å². The van der Waals surface area contributed by atoms with Crippen LogP contribution in [0.4, 0.5) is 0 Å². The first-order valence-electron chi connectivity index (χ1n) is 4.17. The number of carbonyl (C=O) groups is 2. The van der Waals surface area contributed by atoms with Crippen LogP contribution < -0.4 is 5.32 Å². The van der Waals surface area contributed by atoms with Gasteiger partial charge in [-0.3, -0.25) is 9.59 Å². The SMILES string of the molecule is CC(=O)NC1CC(O)C1CC(=O)O. The molecule has 5 heteroatoms. The van der Waals surface area contributed by atoms with Crippen LogP contribution in [0.1, 0.15) is 19.8 Å². The summed E-state index contributed by atoms with van der Waals surface area (Å²) in [7, 11) is 0. The molecule has 0 aliphatic heterocycles. The lowest BCUT2D eigenvalue weighted by atomic mass is 9.74. The number of hydrogen-bond donors (Lipinski definition) is 3. The van der Waals surface area contributed by atoms with Crippen molar-refractivity contribution in [2.75, 3.05) is 0 Å². The first kappa shape index (κ1) is 9.98. The summed E-state index contributed by atoms with van der Waals surface area (Å²) in [6.07, 6.45) is -0.225. The van der Waals surface area contributed by atoms with Crippen molar-refractivity contribution in [3.63, 3.8) is 0 Å². The van der Waals surface area contributed by atoms with E-state index in [0.29, 0.717) is 6.42 Å². The minimum Gasteiger partial charge on any atom is -0.481 e. The normalized spacial score (nSPS) is 32.0. The van der Waals surface area contributed by atoms with Gasteiger partial charge in [-0.15, -0.1) is 0 Å². The Morgan fingerprint density at radius 1 is 1.54 bits per heavy atom. The van der Waals surface area contributed by atoms with Gasteiger partial charge in [0, 0.05) is 18.9 Å². The number of aliphatic hydroxyl groups excluding tert-OH is 1. The number of aliphatic carboxylic acids is 1. The van der Waals surface area contributed by atoms with Crippen molar-refractivity contribution >= 4 is 11.9 Å². The van der Waals surface area contributed by atoms with Gasteiger partial charge in [-0.05, 0) is 6.42 Å². The van der Waals surface area contributed by atoms with Gasteiger partial charge in [0.25, 0.3) is 0 Å². The maximum atomic E-state index is 10.6. The molecular weight excluding hydrogens is 174 g/mol. The van der Waals surface area contributed by atoms with Crippen LogP contribution in [0.25, 0.3) is 0 Å². The molecule has 1 amide bonds. The summed E-state index contributed by atoms with van der Waals surface area (Å²) < 4.78 is 0. The van der Waals surface area contributed by atoms with Crippen molar-refractivity contribution in [2.24, 2.45) is 5.92 Å². The molecule has 0 saturated heterocycles. The second-order valence-electron chi connectivity index (χ2n) is 3.37. The van der Waals surface area contributed by atoms with Gasteiger partial charge in [0.1, 0.15) is 0 Å². The van der Waals surface area contributed by atoms with E-state index in [1.54, 1.807) is 0 Å². The molecule has 5 nitrogen and oxygen atoms in total. The average Bonchev–Trinajstić information content (AvgIpc) is 1.99. The number of rotatable bonds is 3. The van der Waals surface area contributed by atoms with Crippen LogP contribution in [0.2, 0.25) is 0 Å². The molecule has 0 aromatic carbocycles. The van der Waals surface area contributed by atoms with E-state index in [2.05, 4.69) is 5.32 Å². The lowest BCUT2D eigenvalue weighted by molar-refractivity contribution is -0.143. The van der Waals surface area contributed by atoms with Crippen molar-refractivity contribution in [3.8, 4) is 0 Å². The molecule has 0 bridgehead atoms. The Labute approximate surface area is 75.7 Å². The standard InChI is InChI=1S/C8H13NO4/c1-4(10)9-6-3-7(11)5(6)2-8(12)13/h5-7,11H,2-3H2,1H3,(H,9,10)(H,12,13). The first-order chi connectivity index (χ1) is 6.00. The molecule has 0 aromatic heterocycles. The maximum absolute atomic E-state index is 10.6. The van der Waals surface area contributed by atoms with Crippen molar-refractivity contribution in [3.05, 3.63) is 0 Å². The van der Waals surface area contributed by atoms with Crippen LogP contribution in [0.5, 0.6) is 0 Å². The Balaban J connectivity index is 2.41. The van der Waals surface area contributed by atoms with E-state index in [1.165, 1.54) is 6.92 Å². The fourth-order valence-electron chi connectivity index (χ4n) is 1.59. The number of amides is 1. The topological polar surface area (TPSA) is 86.6 Å². The number of nitrogens with one attached hydrogen (secondary N) is 1. The van der Waals surface area contributed by atoms with E-state index in [4.69, 9.17) is 5.11 Å². The van der Waals surface area contributed by atoms with Crippen molar-refractivity contribution < 1.29 is 19.8 Å². The van der Waals surface area contributed by atoms with Crippen LogP contribution in [-0.2, 0) is 9.59 Å². The molecule has 3 atom stereocenters. The third-order valence-corrected chi connectivity index (χ3v) is 2.31. The molecule has 0 radical (unpaired) electrons. The minimum atomic E-state index is -0.945. The van der Waals surface area contributed by atoms with E-state index < -0.39 is 12.1 Å². The Morgan fingerprint density at radius 3 is 2.54 bits per heavy atom. The zero-order valence-corrected chi connectivity index (χ0v) is 7.36. The van der Waals surface area contributed by atoms with Crippen LogP contribution in [0.3, 0.4) is 0 Å². The highest BCUT2D eigenvalue weighted by Gasteiger charge is 2.41. The van der Waals surface area contributed by atoms with Gasteiger partial charge in [-0.2, -0.15) is 0 Å². The molecule has 1 aliphatic rings. The largest absolute Gasteiger partial charge is 0.481 e. The fraction of sp³-hybridized carbons (Fsp3) is 0.750. The summed E-state index contributed by atoms with van der Waals surface area (Å²) in [6.45, 7) is 1.38. The Bertz CT molecular complexity index is 228. The van der Waals surface area contributed by atoms with Crippen molar-refractivity contribution in [2.45, 2.75) is 31.9 Å². The highest BCUT2D eigenvalue weighted by atomic mass is 16.4. The van der Waals surface area contributed by atoms with Crippen molar-refractivity contribution in [1.29, 1.82) is 0 Å². The number of carbonyl (C=O) groups excluding carboxylic acids is 1. The second-order valence-corrected chi connectivity index (χ2v) is 3.37. The second kappa shape index (κ2) is 3.74. The summed E-state index contributed by atoms with van der Waals surface area (Å²) in [5.74, 6) is -1.47. The maximum Gasteiger partial charge on any atom is 0.303 e. The molecular formula is C8H13NO4. The molecule has 1 saturated carbocycles. The molecule has 1 rings (SSSR count). The third-order valence-electron chi connectivity index (χ3n) is 2.31. The predicted octanol–water partition coefficient (Wildman–Crippen LogP) is -0.653. The van der Waals surface area contributed by atoms with Gasteiger partial charge < -0.3 is 15.5 Å². The van der Waals surface area contributed by atoms with Crippen LogP contribution in [0.15, 0.2) is 0 Å². The lowest BCUT2D eigenvalue weighted by Crippen LogP contribution is -2.55. The van der Waals surface area contributed by atoms with E-state index in [1.807, 2.05) is 0 Å². The molecule has 74 valence electrons. The van der Waals surface area contributed by atoms with Gasteiger partial charge in [0.05, 0.1) is 12.5 Å². The van der Waals surface area contributed by atoms with Gasteiger partial charge in [0.15, 0.2) is 0 Å². The smallest absolute Gasteiger partial charge is 0.303 e. The van der Waals surface area contributed by atoms with Crippen LogP contribution >= 0.6 is 0 Å². The number of carboxylic acid groups (broad SMARTS) is 1. The monoisotopic (exact) mass is 187 g/mol. The van der Waals surface area contributed by atoms with Crippen molar-refractivity contribution in [1.82, 2.24) is 5.32 Å². The molecule has 0 heterocycles. The number of aliphatic hydroxyl groups is 1. The minimum absolute atomic E-state index is 0.0912. The van der Waals surface area contributed by atoms with E-state index >= 15 is 0 Å². The number of hydrogen-bond acceptors (Lipinski definition) is 3. The lowest BCUT2D eigenvalue weighted by Gasteiger charge is -2.41. The molecule has 0 aromatic rings.